The van der Waals surface area contributed by atoms with Gasteiger partial charge in [0.25, 0.3) is 0 Å². The normalized spacial score (nSPS) is 26.0. The van der Waals surface area contributed by atoms with E-state index < -0.39 is 0 Å². The van der Waals surface area contributed by atoms with Crippen molar-refractivity contribution in [2.45, 2.75) is 43.0 Å². The van der Waals surface area contributed by atoms with Crippen LogP contribution in [0.1, 0.15) is 37.7 Å². The molecule has 3 N–H and O–H groups in total. The SMILES string of the molecule is CSc1cccc(N2CCC3CCCCC32)c1/C(N)=N/O. The highest BCUT2D eigenvalue weighted by molar-refractivity contribution is 7.98. The van der Waals surface area contributed by atoms with Gasteiger partial charge in [-0.1, -0.05) is 24.1 Å². The van der Waals surface area contributed by atoms with Crippen LogP contribution < -0.4 is 10.6 Å². The van der Waals surface area contributed by atoms with E-state index in [1.54, 1.807) is 11.8 Å². The molecule has 0 radical (unpaired) electrons. The maximum atomic E-state index is 9.14. The topological polar surface area (TPSA) is 61.8 Å². The number of thioether (sulfide) groups is 1. The van der Waals surface area contributed by atoms with Gasteiger partial charge in [-0.2, -0.15) is 0 Å². The zero-order valence-electron chi connectivity index (χ0n) is 12.5. The van der Waals surface area contributed by atoms with Gasteiger partial charge < -0.3 is 15.8 Å². The molecule has 1 aromatic rings. The summed E-state index contributed by atoms with van der Waals surface area (Å²) in [6.45, 7) is 1.08. The van der Waals surface area contributed by atoms with Gasteiger partial charge >= 0.3 is 0 Å². The van der Waals surface area contributed by atoms with Crippen LogP contribution >= 0.6 is 11.8 Å². The third-order valence-corrected chi connectivity index (χ3v) is 5.69. The van der Waals surface area contributed by atoms with Crippen molar-refractivity contribution in [1.29, 1.82) is 0 Å². The number of amidine groups is 1. The van der Waals surface area contributed by atoms with E-state index in [2.05, 4.69) is 22.2 Å². The summed E-state index contributed by atoms with van der Waals surface area (Å²) in [6.07, 6.45) is 8.60. The lowest BCUT2D eigenvalue weighted by molar-refractivity contribution is 0.318. The molecule has 1 saturated carbocycles. The van der Waals surface area contributed by atoms with Crippen molar-refractivity contribution >= 4 is 23.3 Å². The van der Waals surface area contributed by atoms with Crippen LogP contribution in [0.25, 0.3) is 0 Å². The number of nitrogens with two attached hydrogens (primary N) is 1. The molecule has 3 rings (SSSR count). The Balaban J connectivity index is 2.02. The highest BCUT2D eigenvalue weighted by atomic mass is 32.2. The smallest absolute Gasteiger partial charge is 0.173 e. The average Bonchev–Trinajstić information content (AvgIpc) is 2.97. The average molecular weight is 305 g/mol. The summed E-state index contributed by atoms with van der Waals surface area (Å²) in [5.74, 6) is 1.03. The predicted octanol–water partition coefficient (Wildman–Crippen LogP) is 3.27. The van der Waals surface area contributed by atoms with Crippen LogP contribution in [0.3, 0.4) is 0 Å². The van der Waals surface area contributed by atoms with Gasteiger partial charge in [-0.05, 0) is 43.6 Å². The fourth-order valence-corrected chi connectivity index (χ4v) is 4.57. The standard InChI is InChI=1S/C16H23N3OS/c1-21-14-8-4-7-13(15(14)16(17)18-20)19-10-9-11-5-2-3-6-12(11)19/h4,7-8,11-12,20H,2-3,5-6,9-10H2,1H3,(H2,17,18). The van der Waals surface area contributed by atoms with E-state index in [-0.39, 0.29) is 5.84 Å². The van der Waals surface area contributed by atoms with E-state index in [0.29, 0.717) is 6.04 Å². The fourth-order valence-electron chi connectivity index (χ4n) is 3.94. The molecule has 5 heteroatoms. The first-order valence-electron chi connectivity index (χ1n) is 7.67. The summed E-state index contributed by atoms with van der Waals surface area (Å²) >= 11 is 1.64. The van der Waals surface area contributed by atoms with Crippen LogP contribution in [-0.4, -0.2) is 29.9 Å². The minimum Gasteiger partial charge on any atom is -0.409 e. The number of nitrogens with zero attached hydrogens (tertiary/aromatic N) is 2. The van der Waals surface area contributed by atoms with Gasteiger partial charge in [-0.3, -0.25) is 0 Å². The lowest BCUT2D eigenvalue weighted by atomic mass is 9.85. The molecule has 2 atom stereocenters. The van der Waals surface area contributed by atoms with Crippen molar-refractivity contribution < 1.29 is 5.21 Å². The van der Waals surface area contributed by atoms with Crippen molar-refractivity contribution in [2.75, 3.05) is 17.7 Å². The number of benzene rings is 1. The zero-order valence-corrected chi connectivity index (χ0v) is 13.3. The first-order chi connectivity index (χ1) is 10.3. The molecule has 4 nitrogen and oxygen atoms in total. The molecule has 0 bridgehead atoms. The lowest BCUT2D eigenvalue weighted by Crippen LogP contribution is -2.36. The number of fused-ring (bicyclic) bond motifs is 1. The Morgan fingerprint density at radius 2 is 2.14 bits per heavy atom. The first kappa shape index (κ1) is 14.6. The van der Waals surface area contributed by atoms with Crippen LogP contribution in [0.5, 0.6) is 0 Å². The third-order valence-electron chi connectivity index (χ3n) is 4.91. The van der Waals surface area contributed by atoms with Gasteiger partial charge in [0.1, 0.15) is 0 Å². The third kappa shape index (κ3) is 2.59. The van der Waals surface area contributed by atoms with E-state index in [1.807, 2.05) is 12.3 Å². The molecule has 0 spiro atoms. The molecule has 2 aliphatic rings. The molecule has 114 valence electrons. The minimum absolute atomic E-state index is 0.217. The number of hydrogen-bond donors (Lipinski definition) is 2. The summed E-state index contributed by atoms with van der Waals surface area (Å²) in [4.78, 5) is 3.57. The van der Waals surface area contributed by atoms with E-state index in [4.69, 9.17) is 10.9 Å². The van der Waals surface area contributed by atoms with E-state index >= 15 is 0 Å². The Morgan fingerprint density at radius 1 is 1.33 bits per heavy atom. The lowest BCUT2D eigenvalue weighted by Gasteiger charge is -2.34. The molecule has 1 aliphatic carbocycles. The number of hydrogen-bond acceptors (Lipinski definition) is 4. The van der Waals surface area contributed by atoms with E-state index in [9.17, 15) is 0 Å². The predicted molar refractivity (Wildman–Crippen MR) is 88.4 cm³/mol. The van der Waals surface area contributed by atoms with Gasteiger partial charge in [0.2, 0.25) is 0 Å². The Bertz CT molecular complexity index is 546. The van der Waals surface area contributed by atoms with Gasteiger partial charge in [0.05, 0.1) is 5.56 Å². The van der Waals surface area contributed by atoms with Crippen LogP contribution in [-0.2, 0) is 0 Å². The number of rotatable bonds is 3. The summed E-state index contributed by atoms with van der Waals surface area (Å²) in [7, 11) is 0. The Labute approximate surface area is 130 Å². The molecule has 1 aliphatic heterocycles. The van der Waals surface area contributed by atoms with Gasteiger partial charge in [0, 0.05) is 23.2 Å². The maximum Gasteiger partial charge on any atom is 0.173 e. The van der Waals surface area contributed by atoms with Crippen molar-refractivity contribution in [3.8, 4) is 0 Å². The Hall–Kier alpha value is -1.36. The maximum absolute atomic E-state index is 9.14. The zero-order chi connectivity index (χ0) is 14.8. The highest BCUT2D eigenvalue weighted by Gasteiger charge is 2.37. The second-order valence-corrected chi connectivity index (χ2v) is 6.78. The molecular formula is C16H23N3OS. The minimum atomic E-state index is 0.217. The molecule has 1 aromatic carbocycles. The molecule has 2 unspecified atom stereocenters. The fraction of sp³-hybridized carbons (Fsp3) is 0.562. The molecule has 2 fully saturated rings. The van der Waals surface area contributed by atoms with E-state index in [0.717, 1.165) is 28.6 Å². The molecule has 0 amide bonds. The molecule has 21 heavy (non-hydrogen) atoms. The summed E-state index contributed by atoms with van der Waals surface area (Å²) < 4.78 is 0. The van der Waals surface area contributed by atoms with Crippen LogP contribution in [0.2, 0.25) is 0 Å². The molecule has 1 heterocycles. The van der Waals surface area contributed by atoms with Crippen LogP contribution in [0.15, 0.2) is 28.3 Å². The number of anilines is 1. The Kier molecular flexibility index (Phi) is 4.29. The van der Waals surface area contributed by atoms with Gasteiger partial charge in [0.15, 0.2) is 5.84 Å². The second kappa shape index (κ2) is 6.18. The Morgan fingerprint density at radius 3 is 2.90 bits per heavy atom. The van der Waals surface area contributed by atoms with Gasteiger partial charge in [-0.25, -0.2) is 0 Å². The van der Waals surface area contributed by atoms with Gasteiger partial charge in [-0.15, -0.1) is 11.8 Å². The molecule has 1 saturated heterocycles. The van der Waals surface area contributed by atoms with Crippen molar-refractivity contribution in [1.82, 2.24) is 0 Å². The van der Waals surface area contributed by atoms with Crippen molar-refractivity contribution in [3.05, 3.63) is 23.8 Å². The number of oxime groups is 1. The van der Waals surface area contributed by atoms with Crippen LogP contribution in [0, 0.1) is 5.92 Å². The molecule has 0 aromatic heterocycles. The van der Waals surface area contributed by atoms with Crippen LogP contribution in [0.4, 0.5) is 5.69 Å². The van der Waals surface area contributed by atoms with Crippen molar-refractivity contribution in [3.63, 3.8) is 0 Å². The quantitative estimate of drug-likeness (QED) is 0.296. The summed E-state index contributed by atoms with van der Waals surface area (Å²) in [5, 5.41) is 12.4. The monoisotopic (exact) mass is 305 g/mol. The second-order valence-electron chi connectivity index (χ2n) is 5.93. The largest absolute Gasteiger partial charge is 0.409 e. The van der Waals surface area contributed by atoms with E-state index in [1.165, 1.54) is 32.1 Å². The summed E-state index contributed by atoms with van der Waals surface area (Å²) in [6, 6.07) is 6.85. The first-order valence-corrected chi connectivity index (χ1v) is 8.90. The highest BCUT2D eigenvalue weighted by Crippen LogP contribution is 2.41. The summed E-state index contributed by atoms with van der Waals surface area (Å²) in [5.41, 5.74) is 7.99. The molecular weight excluding hydrogens is 282 g/mol. The van der Waals surface area contributed by atoms with Crippen molar-refractivity contribution in [2.24, 2.45) is 16.8 Å².